The fourth-order valence-corrected chi connectivity index (χ4v) is 3.25. The predicted molar refractivity (Wildman–Crippen MR) is 70.6 cm³/mol. The number of piperidine rings is 1. The molecule has 1 fully saturated rings. The van der Waals surface area contributed by atoms with Gasteiger partial charge in [0.25, 0.3) is 5.91 Å². The third-order valence-corrected chi connectivity index (χ3v) is 4.45. The van der Waals surface area contributed by atoms with Gasteiger partial charge in [-0.3, -0.25) is 9.89 Å². The Kier molecular flexibility index (Phi) is 4.11. The van der Waals surface area contributed by atoms with Gasteiger partial charge in [0.15, 0.2) is 5.69 Å². The minimum absolute atomic E-state index is 0.0364. The molecule has 1 aliphatic rings. The van der Waals surface area contributed by atoms with E-state index in [0.29, 0.717) is 13.1 Å². The van der Waals surface area contributed by atoms with Crippen LogP contribution >= 0.6 is 0 Å². The average molecular weight is 302 g/mol. The van der Waals surface area contributed by atoms with Crippen LogP contribution in [-0.4, -0.2) is 55.7 Å². The summed E-state index contributed by atoms with van der Waals surface area (Å²) in [5.74, 6) is -0.444. The fraction of sp³-hybridized carbons (Fsp3) is 0.636. The van der Waals surface area contributed by atoms with Crippen LogP contribution in [0.2, 0.25) is 0 Å². The van der Waals surface area contributed by atoms with E-state index in [-0.39, 0.29) is 22.4 Å². The third kappa shape index (κ3) is 2.84. The SMILES string of the molecule is COC1CCCN(C(=O)c2n[nH]c(C)c2S(N)(=O)=O)C1. The van der Waals surface area contributed by atoms with Gasteiger partial charge in [-0.2, -0.15) is 5.10 Å². The molecule has 0 radical (unpaired) electrons. The number of ether oxygens (including phenoxy) is 1. The molecular formula is C11H18N4O4S. The molecule has 2 heterocycles. The third-order valence-electron chi connectivity index (χ3n) is 3.38. The first-order chi connectivity index (χ1) is 9.34. The quantitative estimate of drug-likeness (QED) is 0.788. The maximum atomic E-state index is 12.4. The number of nitrogens with one attached hydrogen (secondary N) is 1. The number of aryl methyl sites for hydroxylation is 1. The van der Waals surface area contributed by atoms with Gasteiger partial charge in [0.05, 0.1) is 11.8 Å². The van der Waals surface area contributed by atoms with Crippen molar-refractivity contribution in [3.8, 4) is 0 Å². The van der Waals surface area contributed by atoms with Gasteiger partial charge in [-0.05, 0) is 19.8 Å². The summed E-state index contributed by atoms with van der Waals surface area (Å²) in [4.78, 5) is 13.7. The van der Waals surface area contributed by atoms with E-state index in [2.05, 4.69) is 10.2 Å². The van der Waals surface area contributed by atoms with Crippen molar-refractivity contribution < 1.29 is 17.9 Å². The molecule has 3 N–H and O–H groups in total. The number of hydrogen-bond donors (Lipinski definition) is 2. The Morgan fingerprint density at radius 3 is 2.85 bits per heavy atom. The standard InChI is InChI=1S/C11H18N4O4S/c1-7-10(20(12,17)18)9(14-13-7)11(16)15-5-3-4-8(6-15)19-2/h8H,3-6H2,1-2H3,(H,13,14)(H2,12,17,18). The normalized spacial score (nSPS) is 20.1. The monoisotopic (exact) mass is 302 g/mol. The molecule has 0 aliphatic carbocycles. The van der Waals surface area contributed by atoms with Crippen LogP contribution in [0.25, 0.3) is 0 Å². The first-order valence-corrected chi connectivity index (χ1v) is 7.79. The molecule has 20 heavy (non-hydrogen) atoms. The van der Waals surface area contributed by atoms with E-state index in [0.717, 1.165) is 12.8 Å². The molecule has 0 aromatic carbocycles. The lowest BCUT2D eigenvalue weighted by molar-refractivity contribution is 0.0263. The molecule has 0 bridgehead atoms. The highest BCUT2D eigenvalue weighted by atomic mass is 32.2. The van der Waals surface area contributed by atoms with Gasteiger partial charge in [0.1, 0.15) is 4.90 Å². The highest BCUT2D eigenvalue weighted by Crippen LogP contribution is 2.20. The van der Waals surface area contributed by atoms with E-state index in [4.69, 9.17) is 9.88 Å². The Bertz CT molecular complexity index is 610. The molecule has 1 unspecified atom stereocenters. The number of sulfonamides is 1. The van der Waals surface area contributed by atoms with Crippen LogP contribution in [0.3, 0.4) is 0 Å². The van der Waals surface area contributed by atoms with Gasteiger partial charge in [-0.15, -0.1) is 0 Å². The van der Waals surface area contributed by atoms with Crippen LogP contribution < -0.4 is 5.14 Å². The molecule has 1 aliphatic heterocycles. The van der Waals surface area contributed by atoms with E-state index < -0.39 is 15.9 Å². The topological polar surface area (TPSA) is 118 Å². The van der Waals surface area contributed by atoms with Crippen molar-refractivity contribution in [1.29, 1.82) is 0 Å². The number of H-pyrrole nitrogens is 1. The summed E-state index contributed by atoms with van der Waals surface area (Å²) >= 11 is 0. The first kappa shape index (κ1) is 14.9. The van der Waals surface area contributed by atoms with Crippen LogP contribution in [-0.2, 0) is 14.8 Å². The Balaban J connectivity index is 2.30. The maximum absolute atomic E-state index is 12.4. The second-order valence-electron chi connectivity index (χ2n) is 4.82. The van der Waals surface area contributed by atoms with Crippen LogP contribution in [0.5, 0.6) is 0 Å². The number of aromatic nitrogens is 2. The van der Waals surface area contributed by atoms with Gasteiger partial charge in [0.2, 0.25) is 10.0 Å². The first-order valence-electron chi connectivity index (χ1n) is 6.24. The highest BCUT2D eigenvalue weighted by Gasteiger charge is 2.31. The summed E-state index contributed by atoms with van der Waals surface area (Å²) in [5.41, 5.74) is 0.109. The Labute approximate surface area is 117 Å². The number of likely N-dealkylation sites (tertiary alicyclic amines) is 1. The molecule has 2 rings (SSSR count). The van der Waals surface area contributed by atoms with Gasteiger partial charge >= 0.3 is 0 Å². The Hall–Kier alpha value is -1.45. The molecule has 9 heteroatoms. The molecule has 1 aromatic rings. The number of nitrogens with zero attached hydrogens (tertiary/aromatic N) is 2. The summed E-state index contributed by atoms with van der Waals surface area (Å²) in [6, 6.07) is 0. The number of methoxy groups -OCH3 is 1. The van der Waals surface area contributed by atoms with Crippen molar-refractivity contribution in [2.75, 3.05) is 20.2 Å². The summed E-state index contributed by atoms with van der Waals surface area (Å²) in [5, 5.41) is 11.4. The van der Waals surface area contributed by atoms with Crippen LogP contribution in [0, 0.1) is 6.92 Å². The van der Waals surface area contributed by atoms with E-state index in [9.17, 15) is 13.2 Å². The number of rotatable bonds is 3. The number of hydrogen-bond acceptors (Lipinski definition) is 5. The second kappa shape index (κ2) is 5.51. The number of amides is 1. The lowest BCUT2D eigenvalue weighted by Crippen LogP contribution is -2.43. The molecule has 0 saturated carbocycles. The van der Waals surface area contributed by atoms with Gasteiger partial charge < -0.3 is 9.64 Å². The van der Waals surface area contributed by atoms with Crippen molar-refractivity contribution in [3.05, 3.63) is 11.4 Å². The van der Waals surface area contributed by atoms with E-state index >= 15 is 0 Å². The smallest absolute Gasteiger partial charge is 0.275 e. The lowest BCUT2D eigenvalue weighted by atomic mass is 10.1. The molecule has 1 saturated heterocycles. The van der Waals surface area contributed by atoms with Crippen LogP contribution in [0.4, 0.5) is 0 Å². The zero-order valence-corrected chi connectivity index (χ0v) is 12.2. The van der Waals surface area contributed by atoms with Crippen molar-refractivity contribution in [3.63, 3.8) is 0 Å². The van der Waals surface area contributed by atoms with Gasteiger partial charge in [0, 0.05) is 20.2 Å². The van der Waals surface area contributed by atoms with E-state index in [1.165, 1.54) is 6.92 Å². The summed E-state index contributed by atoms with van der Waals surface area (Å²) in [6.07, 6.45) is 1.64. The lowest BCUT2D eigenvalue weighted by Gasteiger charge is -2.31. The molecule has 0 spiro atoms. The number of carbonyl (C=O) groups excluding carboxylic acids is 1. The largest absolute Gasteiger partial charge is 0.380 e. The maximum Gasteiger partial charge on any atom is 0.275 e. The Morgan fingerprint density at radius 1 is 1.55 bits per heavy atom. The van der Waals surface area contributed by atoms with Crippen LogP contribution in [0.15, 0.2) is 4.90 Å². The van der Waals surface area contributed by atoms with Crippen molar-refractivity contribution >= 4 is 15.9 Å². The van der Waals surface area contributed by atoms with Gasteiger partial charge in [-0.25, -0.2) is 13.6 Å². The Morgan fingerprint density at radius 2 is 2.25 bits per heavy atom. The highest BCUT2D eigenvalue weighted by molar-refractivity contribution is 7.89. The van der Waals surface area contributed by atoms with Crippen molar-refractivity contribution in [1.82, 2.24) is 15.1 Å². The number of carbonyl (C=O) groups is 1. The molecule has 1 aromatic heterocycles. The predicted octanol–water partition coefficient (Wildman–Crippen LogP) is -0.383. The molecule has 1 amide bonds. The zero-order valence-electron chi connectivity index (χ0n) is 11.4. The summed E-state index contributed by atoms with van der Waals surface area (Å²) < 4.78 is 28.4. The molecular weight excluding hydrogens is 284 g/mol. The minimum atomic E-state index is -4.00. The zero-order chi connectivity index (χ0) is 14.9. The van der Waals surface area contributed by atoms with Crippen molar-refractivity contribution in [2.45, 2.75) is 30.8 Å². The number of primary sulfonamides is 1. The van der Waals surface area contributed by atoms with Crippen molar-refractivity contribution in [2.24, 2.45) is 5.14 Å². The molecule has 8 nitrogen and oxygen atoms in total. The summed E-state index contributed by atoms with van der Waals surface area (Å²) in [6.45, 7) is 2.48. The van der Waals surface area contributed by atoms with E-state index in [1.54, 1.807) is 12.0 Å². The van der Waals surface area contributed by atoms with Gasteiger partial charge in [-0.1, -0.05) is 0 Å². The molecule has 112 valence electrons. The van der Waals surface area contributed by atoms with Crippen LogP contribution in [0.1, 0.15) is 29.0 Å². The average Bonchev–Trinajstić information content (AvgIpc) is 2.79. The molecule has 1 atom stereocenters. The minimum Gasteiger partial charge on any atom is -0.380 e. The fourth-order valence-electron chi connectivity index (χ4n) is 2.38. The summed E-state index contributed by atoms with van der Waals surface area (Å²) in [7, 11) is -2.41. The van der Waals surface area contributed by atoms with E-state index in [1.807, 2.05) is 0 Å². The second-order valence-corrected chi connectivity index (χ2v) is 6.32. The number of nitrogens with two attached hydrogens (primary N) is 1. The number of aromatic amines is 1.